The Bertz CT molecular complexity index is 989. The number of ether oxygens (including phenoxy) is 1. The van der Waals surface area contributed by atoms with Crippen molar-refractivity contribution in [3.8, 4) is 11.8 Å². The molecule has 1 N–H and O–H groups in total. The van der Waals surface area contributed by atoms with E-state index < -0.39 is 10.8 Å². The average Bonchev–Trinajstić information content (AvgIpc) is 2.93. The van der Waals surface area contributed by atoms with Gasteiger partial charge >= 0.3 is 0 Å². The summed E-state index contributed by atoms with van der Waals surface area (Å²) in [5.74, 6) is -0.494. The summed E-state index contributed by atoms with van der Waals surface area (Å²) in [4.78, 5) is 22.7. The summed E-state index contributed by atoms with van der Waals surface area (Å²) in [6, 6.07) is 8.22. The third-order valence-corrected chi connectivity index (χ3v) is 4.43. The van der Waals surface area contributed by atoms with Crippen LogP contribution in [0.5, 0.6) is 0 Å². The molecule has 0 bridgehead atoms. The molecule has 0 radical (unpaired) electrons. The molecule has 28 heavy (non-hydrogen) atoms. The Hall–Kier alpha value is -3.15. The molecular formula is C19H19ClN4O4. The minimum Gasteiger partial charge on any atom is -0.383 e. The van der Waals surface area contributed by atoms with Crippen LogP contribution in [-0.4, -0.2) is 35.7 Å². The number of carbonyl (C=O) groups is 1. The molecule has 0 aliphatic carbocycles. The molecular weight excluding hydrogens is 384 g/mol. The molecule has 8 nitrogen and oxygen atoms in total. The highest BCUT2D eigenvalue weighted by molar-refractivity contribution is 6.32. The van der Waals surface area contributed by atoms with Gasteiger partial charge in [0.05, 0.1) is 17.2 Å². The van der Waals surface area contributed by atoms with Crippen molar-refractivity contribution in [3.63, 3.8) is 0 Å². The van der Waals surface area contributed by atoms with Gasteiger partial charge in [-0.15, -0.1) is 0 Å². The van der Waals surface area contributed by atoms with Crippen LogP contribution < -0.4 is 5.32 Å². The third-order valence-electron chi connectivity index (χ3n) is 4.11. The molecule has 1 aromatic carbocycles. The summed E-state index contributed by atoms with van der Waals surface area (Å²) in [6.45, 7) is 4.27. The number of nitro benzene ring substituents is 1. The van der Waals surface area contributed by atoms with Crippen molar-refractivity contribution in [1.82, 2.24) is 9.88 Å². The summed E-state index contributed by atoms with van der Waals surface area (Å²) < 4.78 is 6.67. The van der Waals surface area contributed by atoms with Crippen LogP contribution in [0.2, 0.25) is 5.02 Å². The van der Waals surface area contributed by atoms with Gasteiger partial charge in [-0.25, -0.2) is 0 Å². The van der Waals surface area contributed by atoms with Crippen molar-refractivity contribution in [2.24, 2.45) is 0 Å². The number of aryl methyl sites for hydroxylation is 1. The number of halogens is 1. The number of aromatic nitrogens is 1. The van der Waals surface area contributed by atoms with Gasteiger partial charge in [-0.2, -0.15) is 5.26 Å². The van der Waals surface area contributed by atoms with Crippen LogP contribution >= 0.6 is 11.6 Å². The number of carbonyl (C=O) groups excluding carboxylic acids is 1. The largest absolute Gasteiger partial charge is 0.383 e. The predicted octanol–water partition coefficient (Wildman–Crippen LogP) is 3.33. The molecule has 1 aromatic heterocycles. The number of nitriles is 1. The van der Waals surface area contributed by atoms with Gasteiger partial charge in [0.1, 0.15) is 16.7 Å². The maximum atomic E-state index is 12.1. The van der Waals surface area contributed by atoms with Crippen LogP contribution in [0.1, 0.15) is 17.0 Å². The smallest absolute Gasteiger partial charge is 0.289 e. The van der Waals surface area contributed by atoms with E-state index in [0.717, 1.165) is 11.4 Å². The number of nitro groups is 1. The van der Waals surface area contributed by atoms with Gasteiger partial charge in [0.25, 0.3) is 11.6 Å². The fraction of sp³-hybridized carbons (Fsp3) is 0.263. The van der Waals surface area contributed by atoms with Gasteiger partial charge in [-0.05, 0) is 43.7 Å². The van der Waals surface area contributed by atoms with E-state index in [0.29, 0.717) is 24.4 Å². The molecule has 1 heterocycles. The van der Waals surface area contributed by atoms with Crippen molar-refractivity contribution < 1.29 is 14.5 Å². The van der Waals surface area contributed by atoms with Crippen LogP contribution in [0.15, 0.2) is 29.8 Å². The molecule has 0 saturated carbocycles. The second-order valence-corrected chi connectivity index (χ2v) is 6.38. The third kappa shape index (κ3) is 4.57. The first kappa shape index (κ1) is 21.2. The molecule has 2 rings (SSSR count). The molecule has 2 aromatic rings. The Balaban J connectivity index is 2.43. The first-order chi connectivity index (χ1) is 13.3. The first-order valence-electron chi connectivity index (χ1n) is 8.32. The van der Waals surface area contributed by atoms with E-state index in [2.05, 4.69) is 5.32 Å². The van der Waals surface area contributed by atoms with E-state index >= 15 is 0 Å². The summed E-state index contributed by atoms with van der Waals surface area (Å²) in [5.41, 5.74) is 2.50. The number of hydrogen-bond donors (Lipinski definition) is 1. The topological polar surface area (TPSA) is 110 Å². The van der Waals surface area contributed by atoms with E-state index in [1.54, 1.807) is 23.6 Å². The molecule has 0 fully saturated rings. The van der Waals surface area contributed by atoms with E-state index in [9.17, 15) is 20.2 Å². The van der Waals surface area contributed by atoms with Crippen LogP contribution in [0.3, 0.4) is 0 Å². The Morgan fingerprint density at radius 1 is 1.43 bits per heavy atom. The number of rotatable bonds is 7. The van der Waals surface area contributed by atoms with Crippen LogP contribution in [0, 0.1) is 35.3 Å². The normalized spacial score (nSPS) is 11.2. The molecule has 146 valence electrons. The lowest BCUT2D eigenvalue weighted by atomic mass is 10.1. The van der Waals surface area contributed by atoms with Crippen molar-refractivity contribution in [2.45, 2.75) is 13.8 Å². The minimum atomic E-state index is -0.543. The molecule has 0 saturated heterocycles. The fourth-order valence-electron chi connectivity index (χ4n) is 2.78. The van der Waals surface area contributed by atoms with E-state index in [-0.39, 0.29) is 16.3 Å². The van der Waals surface area contributed by atoms with Crippen molar-refractivity contribution in [1.29, 1.82) is 5.26 Å². The zero-order chi connectivity index (χ0) is 20.8. The van der Waals surface area contributed by atoms with E-state index in [1.165, 1.54) is 25.3 Å². The molecule has 1 amide bonds. The molecule has 0 spiro atoms. The van der Waals surface area contributed by atoms with E-state index in [4.69, 9.17) is 16.3 Å². The van der Waals surface area contributed by atoms with Crippen molar-refractivity contribution in [3.05, 3.63) is 61.9 Å². The quantitative estimate of drug-likeness (QED) is 0.251. The Morgan fingerprint density at radius 3 is 2.75 bits per heavy atom. The molecule has 0 aliphatic rings. The van der Waals surface area contributed by atoms with Crippen molar-refractivity contribution in [2.75, 3.05) is 20.3 Å². The average molecular weight is 403 g/mol. The van der Waals surface area contributed by atoms with Crippen molar-refractivity contribution >= 4 is 29.3 Å². The monoisotopic (exact) mass is 402 g/mol. The molecule has 0 aliphatic heterocycles. The van der Waals surface area contributed by atoms with Gasteiger partial charge in [0, 0.05) is 31.1 Å². The van der Waals surface area contributed by atoms with Crippen LogP contribution in [-0.2, 0) is 9.53 Å². The highest BCUT2D eigenvalue weighted by Crippen LogP contribution is 2.29. The fourth-order valence-corrected chi connectivity index (χ4v) is 2.96. The van der Waals surface area contributed by atoms with Gasteiger partial charge in [-0.3, -0.25) is 14.9 Å². The van der Waals surface area contributed by atoms with Gasteiger partial charge in [0.15, 0.2) is 0 Å². The number of benzene rings is 1. The lowest BCUT2D eigenvalue weighted by Crippen LogP contribution is -2.27. The summed E-state index contributed by atoms with van der Waals surface area (Å²) >= 11 is 5.89. The second kappa shape index (κ2) is 9.17. The SMILES string of the molecule is COCCNC(=O)/C(C#N)=C/c1cc(C)n(-c2ccc(Cl)c([N+](=O)[O-])c2)c1C. The molecule has 0 unspecified atom stereocenters. The zero-order valence-electron chi connectivity index (χ0n) is 15.7. The molecule has 0 atom stereocenters. The number of methoxy groups -OCH3 is 1. The summed E-state index contributed by atoms with van der Waals surface area (Å²) in [5, 5.41) is 23.1. The van der Waals surface area contributed by atoms with Gasteiger partial charge in [-0.1, -0.05) is 11.6 Å². The number of hydrogen-bond acceptors (Lipinski definition) is 5. The Kier molecular flexibility index (Phi) is 6.93. The minimum absolute atomic E-state index is 0.0431. The summed E-state index contributed by atoms with van der Waals surface area (Å²) in [7, 11) is 1.52. The summed E-state index contributed by atoms with van der Waals surface area (Å²) in [6.07, 6.45) is 1.49. The number of nitrogens with one attached hydrogen (secondary N) is 1. The Labute approximate surface area is 167 Å². The number of nitrogens with zero attached hydrogens (tertiary/aromatic N) is 3. The zero-order valence-corrected chi connectivity index (χ0v) is 16.4. The highest BCUT2D eigenvalue weighted by Gasteiger charge is 2.17. The van der Waals surface area contributed by atoms with Crippen LogP contribution in [0.4, 0.5) is 5.69 Å². The van der Waals surface area contributed by atoms with E-state index in [1.807, 2.05) is 13.0 Å². The van der Waals surface area contributed by atoms with Gasteiger partial charge < -0.3 is 14.6 Å². The lowest BCUT2D eigenvalue weighted by molar-refractivity contribution is -0.384. The Morgan fingerprint density at radius 2 is 2.14 bits per heavy atom. The predicted molar refractivity (Wildman–Crippen MR) is 105 cm³/mol. The highest BCUT2D eigenvalue weighted by atomic mass is 35.5. The molecule has 9 heteroatoms. The first-order valence-corrected chi connectivity index (χ1v) is 8.70. The second-order valence-electron chi connectivity index (χ2n) is 5.97. The van der Waals surface area contributed by atoms with Gasteiger partial charge in [0.2, 0.25) is 0 Å². The van der Waals surface area contributed by atoms with Crippen LogP contribution in [0.25, 0.3) is 11.8 Å². The standard InChI is InChI=1S/C19H19ClN4O4/c1-12-8-14(9-15(11-21)19(25)22-6-7-28-3)13(2)23(12)16-4-5-17(20)18(10-16)24(26)27/h4-5,8-10H,6-7H2,1-3H3,(H,22,25)/b15-9+. The lowest BCUT2D eigenvalue weighted by Gasteiger charge is -2.10. The maximum Gasteiger partial charge on any atom is 0.289 e. The number of amides is 1. The maximum absolute atomic E-state index is 12.1.